The molecule has 2 aromatic heterocycles. The molecule has 0 unspecified atom stereocenters. The molecule has 0 spiro atoms. The van der Waals surface area contributed by atoms with Crippen LogP contribution in [0, 0.1) is 0 Å². The zero-order chi connectivity index (χ0) is 15.4. The fourth-order valence-corrected chi connectivity index (χ4v) is 2.53. The van der Waals surface area contributed by atoms with Crippen molar-refractivity contribution in [2.45, 2.75) is 18.5 Å². The lowest BCUT2D eigenvalue weighted by Gasteiger charge is -2.32. The molecule has 1 saturated heterocycles. The smallest absolute Gasteiger partial charge is 0.268 e. The maximum Gasteiger partial charge on any atom is 0.268 e. The highest BCUT2D eigenvalue weighted by Gasteiger charge is 2.28. The number of halogens is 1. The Morgan fingerprint density at radius 2 is 2.36 bits per heavy atom. The molecule has 7 nitrogen and oxygen atoms in total. The molecule has 1 aliphatic heterocycles. The quantitative estimate of drug-likeness (QED) is 0.793. The number of hydrogen-bond acceptors (Lipinski definition) is 5. The maximum atomic E-state index is 12.2. The molecule has 1 aliphatic rings. The molecule has 3 N–H and O–H groups in total. The summed E-state index contributed by atoms with van der Waals surface area (Å²) in [6, 6.07) is 3.26. The number of amides is 1. The number of ether oxygens (including phenoxy) is 1. The second-order valence-corrected chi connectivity index (χ2v) is 5.46. The van der Waals surface area contributed by atoms with Gasteiger partial charge >= 0.3 is 0 Å². The van der Waals surface area contributed by atoms with E-state index in [-0.39, 0.29) is 18.0 Å². The van der Waals surface area contributed by atoms with Gasteiger partial charge in [-0.1, -0.05) is 11.6 Å². The Hall–Kier alpha value is -2.12. The van der Waals surface area contributed by atoms with Gasteiger partial charge in [0, 0.05) is 19.0 Å². The first-order chi connectivity index (χ1) is 10.7. The molecule has 116 valence electrons. The number of anilines is 1. The Morgan fingerprint density at radius 3 is 3.09 bits per heavy atom. The molecule has 2 aromatic rings. The largest absolute Gasteiger partial charge is 0.379 e. The summed E-state index contributed by atoms with van der Waals surface area (Å²) in [7, 11) is 0. The highest BCUT2D eigenvalue weighted by molar-refractivity contribution is 6.30. The summed E-state index contributed by atoms with van der Waals surface area (Å²) < 4.78 is 5.49. The van der Waals surface area contributed by atoms with E-state index in [0.29, 0.717) is 29.7 Å². The predicted molar refractivity (Wildman–Crippen MR) is 81.9 cm³/mol. The van der Waals surface area contributed by atoms with Gasteiger partial charge in [-0.2, -0.15) is 0 Å². The number of aromatic nitrogens is 3. The average Bonchev–Trinajstić information content (AvgIpc) is 2.97. The van der Waals surface area contributed by atoms with Crippen molar-refractivity contribution in [3.63, 3.8) is 0 Å². The van der Waals surface area contributed by atoms with E-state index in [2.05, 4.69) is 25.6 Å². The van der Waals surface area contributed by atoms with Gasteiger partial charge in [-0.25, -0.2) is 9.97 Å². The molecule has 3 heterocycles. The van der Waals surface area contributed by atoms with Crippen LogP contribution < -0.4 is 10.6 Å². The lowest BCUT2D eigenvalue weighted by molar-refractivity contribution is 0.0618. The molecular formula is C14H16ClN5O2. The summed E-state index contributed by atoms with van der Waals surface area (Å²) in [6.07, 6.45) is 5.44. The average molecular weight is 322 g/mol. The summed E-state index contributed by atoms with van der Waals surface area (Å²) >= 11 is 5.83. The highest BCUT2D eigenvalue weighted by Crippen LogP contribution is 2.15. The number of nitrogens with zero attached hydrogens (tertiary/aromatic N) is 2. The lowest BCUT2D eigenvalue weighted by atomic mass is 10.0. The van der Waals surface area contributed by atoms with Crippen molar-refractivity contribution in [2.75, 3.05) is 18.5 Å². The van der Waals surface area contributed by atoms with Crippen molar-refractivity contribution in [1.29, 1.82) is 0 Å². The minimum Gasteiger partial charge on any atom is -0.379 e. The van der Waals surface area contributed by atoms with Gasteiger partial charge in [0.2, 0.25) is 0 Å². The topological polar surface area (TPSA) is 91.9 Å². The van der Waals surface area contributed by atoms with Crippen LogP contribution in [0.15, 0.2) is 30.9 Å². The number of hydrogen-bond donors (Lipinski definition) is 3. The van der Waals surface area contributed by atoms with Crippen molar-refractivity contribution in [3.05, 3.63) is 41.6 Å². The summed E-state index contributed by atoms with van der Waals surface area (Å²) in [5, 5.41) is 6.78. The number of rotatable bonds is 4. The van der Waals surface area contributed by atoms with Gasteiger partial charge in [-0.15, -0.1) is 0 Å². The van der Waals surface area contributed by atoms with E-state index in [1.807, 2.05) is 0 Å². The molecule has 0 radical (unpaired) electrons. The molecule has 1 fully saturated rings. The highest BCUT2D eigenvalue weighted by atomic mass is 35.5. The molecule has 0 saturated carbocycles. The first-order valence-electron chi connectivity index (χ1n) is 6.97. The Kier molecular flexibility index (Phi) is 4.55. The molecule has 0 bridgehead atoms. The fourth-order valence-electron chi connectivity index (χ4n) is 2.36. The molecule has 0 aromatic carbocycles. The third-order valence-electron chi connectivity index (χ3n) is 3.48. The first kappa shape index (κ1) is 14.8. The van der Waals surface area contributed by atoms with E-state index in [0.717, 1.165) is 6.42 Å². The Balaban J connectivity index is 1.66. The third-order valence-corrected chi connectivity index (χ3v) is 3.70. The Bertz CT molecular complexity index is 633. The minimum absolute atomic E-state index is 0.0571. The van der Waals surface area contributed by atoms with E-state index in [9.17, 15) is 4.79 Å². The SMILES string of the molecule is O=C(N[C@H]1CCOC[C@H]1Nc1ccncn1)c1cc(Cl)c[nH]1. The number of aromatic amines is 1. The molecule has 3 rings (SSSR count). The monoisotopic (exact) mass is 321 g/mol. The summed E-state index contributed by atoms with van der Waals surface area (Å²) in [4.78, 5) is 23.1. The normalized spacial score (nSPS) is 21.3. The summed E-state index contributed by atoms with van der Waals surface area (Å²) in [5.41, 5.74) is 0.442. The van der Waals surface area contributed by atoms with Crippen LogP contribution in [-0.2, 0) is 4.74 Å². The lowest BCUT2D eigenvalue weighted by Crippen LogP contribution is -2.52. The molecule has 0 aliphatic carbocycles. The van der Waals surface area contributed by atoms with Crippen molar-refractivity contribution < 1.29 is 9.53 Å². The van der Waals surface area contributed by atoms with Crippen LogP contribution >= 0.6 is 11.6 Å². The van der Waals surface area contributed by atoms with Gasteiger partial charge < -0.3 is 20.4 Å². The van der Waals surface area contributed by atoms with Crippen LogP contribution in [0.1, 0.15) is 16.9 Å². The van der Waals surface area contributed by atoms with Crippen LogP contribution in [0.5, 0.6) is 0 Å². The summed E-state index contributed by atoms with van der Waals surface area (Å²) in [5.74, 6) is 0.515. The molecule has 2 atom stereocenters. The van der Waals surface area contributed by atoms with Gasteiger partial charge in [0.05, 0.1) is 23.7 Å². The number of carbonyl (C=O) groups is 1. The van der Waals surface area contributed by atoms with Crippen LogP contribution in [-0.4, -0.2) is 46.2 Å². The van der Waals surface area contributed by atoms with Gasteiger partial charge in [-0.3, -0.25) is 4.79 Å². The second-order valence-electron chi connectivity index (χ2n) is 5.02. The van der Waals surface area contributed by atoms with Crippen molar-refractivity contribution in [3.8, 4) is 0 Å². The van der Waals surface area contributed by atoms with Crippen LogP contribution in [0.2, 0.25) is 5.02 Å². The maximum absolute atomic E-state index is 12.2. The summed E-state index contributed by atoms with van der Waals surface area (Å²) in [6.45, 7) is 1.11. The standard InChI is InChI=1S/C14H16ClN5O2/c15-9-5-11(17-6-9)14(21)20-10-2-4-22-7-12(10)19-13-1-3-16-8-18-13/h1,3,5-6,8,10,12,17H,2,4,7H2,(H,20,21)(H,16,18,19)/t10-,12+/m0/s1. The van der Waals surface area contributed by atoms with Gasteiger partial charge in [0.25, 0.3) is 5.91 Å². The van der Waals surface area contributed by atoms with Gasteiger partial charge in [0.1, 0.15) is 17.8 Å². The second kappa shape index (κ2) is 6.76. The van der Waals surface area contributed by atoms with E-state index in [1.54, 1.807) is 24.5 Å². The van der Waals surface area contributed by atoms with Crippen molar-refractivity contribution >= 4 is 23.3 Å². The Labute approximate surface area is 132 Å². The zero-order valence-electron chi connectivity index (χ0n) is 11.8. The van der Waals surface area contributed by atoms with E-state index >= 15 is 0 Å². The van der Waals surface area contributed by atoms with Crippen LogP contribution in [0.3, 0.4) is 0 Å². The van der Waals surface area contributed by atoms with E-state index in [1.165, 1.54) is 6.33 Å². The first-order valence-corrected chi connectivity index (χ1v) is 7.35. The zero-order valence-corrected chi connectivity index (χ0v) is 12.5. The van der Waals surface area contributed by atoms with Gasteiger partial charge in [0.15, 0.2) is 0 Å². The van der Waals surface area contributed by atoms with Crippen LogP contribution in [0.4, 0.5) is 5.82 Å². The van der Waals surface area contributed by atoms with Gasteiger partial charge in [-0.05, 0) is 18.6 Å². The van der Waals surface area contributed by atoms with E-state index in [4.69, 9.17) is 16.3 Å². The third kappa shape index (κ3) is 3.55. The predicted octanol–water partition coefficient (Wildman–Crippen LogP) is 1.46. The van der Waals surface area contributed by atoms with Crippen LogP contribution in [0.25, 0.3) is 0 Å². The molecular weight excluding hydrogens is 306 g/mol. The van der Waals surface area contributed by atoms with Crippen molar-refractivity contribution in [2.24, 2.45) is 0 Å². The van der Waals surface area contributed by atoms with Crippen molar-refractivity contribution in [1.82, 2.24) is 20.3 Å². The molecule has 1 amide bonds. The number of nitrogens with one attached hydrogen (secondary N) is 3. The fraction of sp³-hybridized carbons (Fsp3) is 0.357. The minimum atomic E-state index is -0.187. The number of H-pyrrole nitrogens is 1. The Morgan fingerprint density at radius 1 is 1.45 bits per heavy atom. The number of carbonyl (C=O) groups excluding carboxylic acids is 1. The van der Waals surface area contributed by atoms with E-state index < -0.39 is 0 Å². The molecule has 8 heteroatoms. The molecule has 22 heavy (non-hydrogen) atoms.